The number of nitrogens with zero attached hydrogens (tertiary/aromatic N) is 1. The van der Waals surface area contributed by atoms with Crippen molar-refractivity contribution in [3.8, 4) is 5.69 Å². The van der Waals surface area contributed by atoms with Crippen LogP contribution in [0.4, 0.5) is 0 Å². The third-order valence-electron chi connectivity index (χ3n) is 1.90. The number of rotatable bonds is 1. The largest absolute Gasteiger partial charge is 0.333 e. The second kappa shape index (κ2) is 3.50. The lowest BCUT2D eigenvalue weighted by atomic mass is 10.5. The number of H-pyrrole nitrogens is 3. The van der Waals surface area contributed by atoms with Crippen molar-refractivity contribution in [3.63, 3.8) is 0 Å². The molecule has 0 aliphatic rings. The van der Waals surface area contributed by atoms with Gasteiger partial charge in [-0.05, 0) is 0 Å². The molecule has 8 heteroatoms. The predicted molar refractivity (Wildman–Crippen MR) is 53.9 cm³/mol. The van der Waals surface area contributed by atoms with E-state index in [0.29, 0.717) is 4.57 Å². The second-order valence-corrected chi connectivity index (χ2v) is 2.91. The van der Waals surface area contributed by atoms with Crippen LogP contribution in [-0.4, -0.2) is 19.5 Å². The molecule has 0 atom stereocenters. The molecule has 0 unspecified atom stereocenters. The Morgan fingerprint density at radius 2 is 1.81 bits per heavy atom. The van der Waals surface area contributed by atoms with Crippen molar-refractivity contribution in [1.82, 2.24) is 19.5 Å². The van der Waals surface area contributed by atoms with E-state index in [1.165, 1.54) is 6.20 Å². The number of hydrogen-bond donors (Lipinski definition) is 3. The Kier molecular flexibility index (Phi) is 2.16. The lowest BCUT2D eigenvalue weighted by Gasteiger charge is -2.00. The van der Waals surface area contributed by atoms with E-state index in [1.807, 2.05) is 4.98 Å². The Hall–Kier alpha value is -2.64. The van der Waals surface area contributed by atoms with Crippen molar-refractivity contribution in [3.05, 3.63) is 60.1 Å². The van der Waals surface area contributed by atoms with Crippen molar-refractivity contribution >= 4 is 0 Å². The molecule has 0 bridgehead atoms. The van der Waals surface area contributed by atoms with E-state index in [1.54, 1.807) is 0 Å². The van der Waals surface area contributed by atoms with Crippen LogP contribution in [0.25, 0.3) is 5.69 Å². The molecule has 0 aromatic carbocycles. The van der Waals surface area contributed by atoms with Gasteiger partial charge in [-0.15, -0.1) is 0 Å². The first kappa shape index (κ1) is 9.90. The lowest BCUT2D eigenvalue weighted by Crippen LogP contribution is -2.37. The Morgan fingerprint density at radius 1 is 1.06 bits per heavy atom. The minimum absolute atomic E-state index is 0.244. The molecular weight excluding hydrogens is 216 g/mol. The maximum Gasteiger partial charge on any atom is 0.333 e. The van der Waals surface area contributed by atoms with Crippen molar-refractivity contribution in [1.29, 1.82) is 0 Å². The van der Waals surface area contributed by atoms with E-state index in [-0.39, 0.29) is 5.69 Å². The SMILES string of the molecule is O=c1[nH]cc(-n2c(=O)cc[nH]c2=O)c(=O)[nH]1. The third-order valence-corrected chi connectivity index (χ3v) is 1.90. The molecule has 0 aliphatic heterocycles. The Balaban J connectivity index is 2.89. The monoisotopic (exact) mass is 222 g/mol. The number of nitrogens with one attached hydrogen (secondary N) is 3. The first-order chi connectivity index (χ1) is 7.59. The highest BCUT2D eigenvalue weighted by Gasteiger charge is 2.07. The molecular formula is C8H6N4O4. The van der Waals surface area contributed by atoms with Crippen molar-refractivity contribution in [2.75, 3.05) is 0 Å². The zero-order chi connectivity index (χ0) is 11.7. The van der Waals surface area contributed by atoms with E-state index in [0.717, 1.165) is 12.3 Å². The molecule has 0 aliphatic carbocycles. The average Bonchev–Trinajstić information content (AvgIpc) is 2.20. The second-order valence-electron chi connectivity index (χ2n) is 2.91. The summed E-state index contributed by atoms with van der Waals surface area (Å²) in [4.78, 5) is 51.2. The number of hydrogen-bond acceptors (Lipinski definition) is 4. The number of aromatic amines is 3. The van der Waals surface area contributed by atoms with E-state index >= 15 is 0 Å². The van der Waals surface area contributed by atoms with Gasteiger partial charge in [-0.3, -0.25) is 14.6 Å². The fraction of sp³-hybridized carbons (Fsp3) is 0. The van der Waals surface area contributed by atoms with Gasteiger partial charge in [0.15, 0.2) is 0 Å². The topological polar surface area (TPSA) is 121 Å². The van der Waals surface area contributed by atoms with Gasteiger partial charge in [0.1, 0.15) is 5.69 Å². The fourth-order valence-electron chi connectivity index (χ4n) is 1.22. The minimum Gasteiger partial charge on any atom is -0.314 e. The van der Waals surface area contributed by atoms with Crippen molar-refractivity contribution < 1.29 is 0 Å². The molecule has 3 N–H and O–H groups in total. The van der Waals surface area contributed by atoms with Crippen LogP contribution in [0.3, 0.4) is 0 Å². The van der Waals surface area contributed by atoms with E-state index in [4.69, 9.17) is 0 Å². The summed E-state index contributed by atoms with van der Waals surface area (Å²) in [5.41, 5.74) is -3.20. The van der Waals surface area contributed by atoms with Crippen LogP contribution in [0.1, 0.15) is 0 Å². The van der Waals surface area contributed by atoms with Crippen LogP contribution in [0.2, 0.25) is 0 Å². The van der Waals surface area contributed by atoms with Crippen LogP contribution in [0, 0.1) is 0 Å². The van der Waals surface area contributed by atoms with Gasteiger partial charge in [0.25, 0.3) is 11.1 Å². The standard InChI is InChI=1S/C8H6N4O4/c13-5-1-2-9-8(16)12(5)4-3-10-7(15)11-6(4)14/h1-3H,(H,9,16)(H2,10,11,14,15). The third kappa shape index (κ3) is 1.52. The molecule has 0 fully saturated rings. The maximum atomic E-state index is 11.4. The van der Waals surface area contributed by atoms with Gasteiger partial charge >= 0.3 is 11.4 Å². The molecule has 2 aromatic rings. The van der Waals surface area contributed by atoms with Crippen LogP contribution < -0.4 is 22.5 Å². The molecule has 82 valence electrons. The zero-order valence-corrected chi connectivity index (χ0v) is 7.81. The van der Waals surface area contributed by atoms with E-state index in [2.05, 4.69) is 9.97 Å². The fourth-order valence-corrected chi connectivity index (χ4v) is 1.22. The van der Waals surface area contributed by atoms with Gasteiger partial charge in [-0.25, -0.2) is 14.2 Å². The first-order valence-corrected chi connectivity index (χ1v) is 4.23. The summed E-state index contributed by atoms with van der Waals surface area (Å²) in [7, 11) is 0. The van der Waals surface area contributed by atoms with Gasteiger partial charge < -0.3 is 9.97 Å². The molecule has 0 amide bonds. The van der Waals surface area contributed by atoms with Gasteiger partial charge in [0, 0.05) is 18.5 Å². The van der Waals surface area contributed by atoms with E-state index in [9.17, 15) is 19.2 Å². The normalized spacial score (nSPS) is 10.2. The summed E-state index contributed by atoms with van der Waals surface area (Å²) in [6.07, 6.45) is 2.17. The Labute approximate surface area is 86.2 Å². The van der Waals surface area contributed by atoms with Crippen LogP contribution in [0.15, 0.2) is 37.6 Å². The highest BCUT2D eigenvalue weighted by molar-refractivity contribution is 5.23. The van der Waals surface area contributed by atoms with Crippen molar-refractivity contribution in [2.45, 2.75) is 0 Å². The highest BCUT2D eigenvalue weighted by Crippen LogP contribution is 1.85. The molecule has 0 saturated heterocycles. The molecule has 2 heterocycles. The van der Waals surface area contributed by atoms with Crippen LogP contribution in [-0.2, 0) is 0 Å². The van der Waals surface area contributed by atoms with Crippen molar-refractivity contribution in [2.24, 2.45) is 0 Å². The van der Waals surface area contributed by atoms with Gasteiger partial charge in [0.05, 0.1) is 0 Å². The summed E-state index contributed by atoms with van der Waals surface area (Å²) in [6, 6.07) is 1.09. The first-order valence-electron chi connectivity index (χ1n) is 4.23. The molecule has 2 aromatic heterocycles. The van der Waals surface area contributed by atoms with Gasteiger partial charge in [0.2, 0.25) is 0 Å². The Bertz CT molecular complexity index is 719. The summed E-state index contributed by atoms with van der Waals surface area (Å²) in [5.74, 6) is 0. The highest BCUT2D eigenvalue weighted by atomic mass is 16.2. The van der Waals surface area contributed by atoms with Crippen LogP contribution in [0.5, 0.6) is 0 Å². The van der Waals surface area contributed by atoms with Crippen LogP contribution >= 0.6 is 0 Å². The quantitative estimate of drug-likeness (QED) is 0.511. The molecule has 0 spiro atoms. The zero-order valence-electron chi connectivity index (χ0n) is 7.81. The summed E-state index contributed by atoms with van der Waals surface area (Å²) >= 11 is 0. The summed E-state index contributed by atoms with van der Waals surface area (Å²) in [5, 5.41) is 0. The Morgan fingerprint density at radius 3 is 2.44 bits per heavy atom. The van der Waals surface area contributed by atoms with Gasteiger partial charge in [-0.1, -0.05) is 0 Å². The summed E-state index contributed by atoms with van der Waals surface area (Å²) in [6.45, 7) is 0. The molecule has 8 nitrogen and oxygen atoms in total. The smallest absolute Gasteiger partial charge is 0.314 e. The van der Waals surface area contributed by atoms with Gasteiger partial charge in [-0.2, -0.15) is 0 Å². The summed E-state index contributed by atoms with van der Waals surface area (Å²) < 4.78 is 0.620. The molecule has 0 radical (unpaired) electrons. The lowest BCUT2D eigenvalue weighted by molar-refractivity contribution is 0.842. The molecule has 16 heavy (non-hydrogen) atoms. The average molecular weight is 222 g/mol. The molecule has 2 rings (SSSR count). The van der Waals surface area contributed by atoms with E-state index < -0.39 is 22.5 Å². The predicted octanol–water partition coefficient (Wildman–Crippen LogP) is -2.10. The number of aromatic nitrogens is 4. The maximum absolute atomic E-state index is 11.4. The minimum atomic E-state index is -0.817. The molecule has 0 saturated carbocycles.